The van der Waals surface area contributed by atoms with Gasteiger partial charge in [0.1, 0.15) is 0 Å². The molecule has 2 aliphatic rings. The van der Waals surface area contributed by atoms with Gasteiger partial charge in [-0.1, -0.05) is 24.3 Å². The van der Waals surface area contributed by atoms with Crippen molar-refractivity contribution >= 4 is 40.5 Å². The van der Waals surface area contributed by atoms with Crippen molar-refractivity contribution in [3.8, 4) is 11.5 Å². The summed E-state index contributed by atoms with van der Waals surface area (Å²) in [6, 6.07) is 12.0. The first kappa shape index (κ1) is 21.4. The van der Waals surface area contributed by atoms with E-state index < -0.39 is 24.0 Å². The smallest absolute Gasteiger partial charge is 0.339 e. The van der Waals surface area contributed by atoms with Gasteiger partial charge in [0.25, 0.3) is 5.91 Å². The Hall–Kier alpha value is -4.40. The van der Waals surface area contributed by atoms with E-state index in [0.29, 0.717) is 40.8 Å². The SMILES string of the molecule is CC(OC(=O)c1c2c(nc3ccccc13)/C(=C/c1ccc3c(c1)OCO3)CC2)C(=O)NC(N)=O. The molecule has 0 radical (unpaired) electrons. The number of imide groups is 1. The Kier molecular flexibility index (Phi) is 5.37. The summed E-state index contributed by atoms with van der Waals surface area (Å²) in [5.41, 5.74) is 9.39. The van der Waals surface area contributed by atoms with Crippen molar-refractivity contribution in [2.75, 3.05) is 6.79 Å². The highest BCUT2D eigenvalue weighted by atomic mass is 16.7. The van der Waals surface area contributed by atoms with Gasteiger partial charge in [-0.05, 0) is 60.7 Å². The fraction of sp³-hybridized carbons (Fsp3) is 0.200. The summed E-state index contributed by atoms with van der Waals surface area (Å²) in [6.07, 6.45) is 2.10. The monoisotopic (exact) mass is 459 g/mol. The second-order valence-corrected chi connectivity index (χ2v) is 8.01. The highest BCUT2D eigenvalue weighted by Crippen LogP contribution is 2.39. The Bertz CT molecular complexity index is 1380. The molecular weight excluding hydrogens is 438 g/mol. The number of urea groups is 1. The van der Waals surface area contributed by atoms with E-state index in [-0.39, 0.29) is 6.79 Å². The summed E-state index contributed by atoms with van der Waals surface area (Å²) in [5, 5.41) is 2.56. The lowest BCUT2D eigenvalue weighted by molar-refractivity contribution is -0.127. The molecule has 34 heavy (non-hydrogen) atoms. The average Bonchev–Trinajstić information content (AvgIpc) is 3.43. The Morgan fingerprint density at radius 1 is 1.12 bits per heavy atom. The number of primary amides is 1. The maximum Gasteiger partial charge on any atom is 0.339 e. The van der Waals surface area contributed by atoms with Crippen molar-refractivity contribution in [1.82, 2.24) is 10.3 Å². The standard InChI is InChI=1S/C25H21N3O6/c1-13(23(29)28-25(26)31)34-24(30)21-16-4-2-3-5-18(16)27-22-15(7-8-17(21)22)10-14-6-9-19-20(11-14)33-12-32-19/h2-6,9-11,13H,7-8,12H2,1H3,(H3,26,28,29,31)/b15-10+. The van der Waals surface area contributed by atoms with Crippen molar-refractivity contribution in [3.63, 3.8) is 0 Å². The molecule has 1 aliphatic heterocycles. The quantitative estimate of drug-likeness (QED) is 0.573. The summed E-state index contributed by atoms with van der Waals surface area (Å²) in [7, 11) is 0. The Balaban J connectivity index is 1.53. The van der Waals surface area contributed by atoms with Gasteiger partial charge in [-0.3, -0.25) is 10.1 Å². The van der Waals surface area contributed by atoms with Crippen LogP contribution in [-0.4, -0.2) is 35.8 Å². The third kappa shape index (κ3) is 3.92. The fourth-order valence-electron chi connectivity index (χ4n) is 4.21. The predicted molar refractivity (Wildman–Crippen MR) is 123 cm³/mol. The van der Waals surface area contributed by atoms with Crippen LogP contribution in [-0.2, 0) is 16.0 Å². The number of nitrogens with one attached hydrogen (secondary N) is 1. The molecule has 5 rings (SSSR count). The molecule has 0 bridgehead atoms. The lowest BCUT2D eigenvalue weighted by Gasteiger charge is -2.15. The van der Waals surface area contributed by atoms with E-state index in [9.17, 15) is 14.4 Å². The van der Waals surface area contributed by atoms with Gasteiger partial charge >= 0.3 is 12.0 Å². The summed E-state index contributed by atoms with van der Waals surface area (Å²) in [6.45, 7) is 1.58. The molecule has 1 aliphatic carbocycles. The molecule has 3 amide bonds. The second kappa shape index (κ2) is 8.51. The molecule has 9 heteroatoms. The van der Waals surface area contributed by atoms with Crippen LogP contribution in [0.2, 0.25) is 0 Å². The van der Waals surface area contributed by atoms with E-state index in [2.05, 4.69) is 0 Å². The average molecular weight is 459 g/mol. The zero-order valence-corrected chi connectivity index (χ0v) is 18.3. The first-order valence-electron chi connectivity index (χ1n) is 10.7. The first-order valence-corrected chi connectivity index (χ1v) is 10.7. The highest BCUT2D eigenvalue weighted by Gasteiger charge is 2.29. The summed E-state index contributed by atoms with van der Waals surface area (Å²) < 4.78 is 16.3. The lowest BCUT2D eigenvalue weighted by Crippen LogP contribution is -2.42. The van der Waals surface area contributed by atoms with Crippen molar-refractivity contribution < 1.29 is 28.6 Å². The number of benzene rings is 2. The molecule has 172 valence electrons. The van der Waals surface area contributed by atoms with E-state index in [0.717, 1.165) is 22.4 Å². The Morgan fingerprint density at radius 2 is 1.91 bits per heavy atom. The van der Waals surface area contributed by atoms with Gasteiger partial charge in [0.15, 0.2) is 17.6 Å². The van der Waals surface area contributed by atoms with E-state index in [4.69, 9.17) is 24.9 Å². The third-order valence-corrected chi connectivity index (χ3v) is 5.78. The lowest BCUT2D eigenvalue weighted by atomic mass is 10.0. The van der Waals surface area contributed by atoms with E-state index in [1.807, 2.05) is 47.8 Å². The van der Waals surface area contributed by atoms with Crippen molar-refractivity contribution in [2.45, 2.75) is 25.9 Å². The van der Waals surface area contributed by atoms with Gasteiger partial charge < -0.3 is 19.9 Å². The largest absolute Gasteiger partial charge is 0.454 e. The van der Waals surface area contributed by atoms with Gasteiger partial charge in [-0.15, -0.1) is 0 Å². The second-order valence-electron chi connectivity index (χ2n) is 8.01. The van der Waals surface area contributed by atoms with E-state index >= 15 is 0 Å². The maximum absolute atomic E-state index is 13.2. The van der Waals surface area contributed by atoms with Crippen LogP contribution in [0.15, 0.2) is 42.5 Å². The molecule has 0 spiro atoms. The minimum absolute atomic E-state index is 0.201. The molecule has 2 heterocycles. The number of pyridine rings is 1. The molecule has 1 unspecified atom stereocenters. The number of carbonyl (C=O) groups excluding carboxylic acids is 3. The summed E-state index contributed by atoms with van der Waals surface area (Å²) >= 11 is 0. The zero-order chi connectivity index (χ0) is 23.8. The number of nitrogens with zero attached hydrogens (tertiary/aromatic N) is 1. The fourth-order valence-corrected chi connectivity index (χ4v) is 4.21. The molecule has 2 aromatic carbocycles. The number of fused-ring (bicyclic) bond motifs is 3. The van der Waals surface area contributed by atoms with E-state index in [1.54, 1.807) is 6.07 Å². The minimum atomic E-state index is -1.20. The van der Waals surface area contributed by atoms with Gasteiger partial charge in [0, 0.05) is 5.39 Å². The number of para-hydroxylation sites is 1. The molecule has 0 saturated carbocycles. The Morgan fingerprint density at radius 3 is 2.74 bits per heavy atom. The molecule has 1 atom stereocenters. The van der Waals surface area contributed by atoms with Crippen LogP contribution in [0.25, 0.3) is 22.6 Å². The summed E-state index contributed by atoms with van der Waals surface area (Å²) in [4.78, 5) is 41.0. The zero-order valence-electron chi connectivity index (χ0n) is 18.3. The van der Waals surface area contributed by atoms with Gasteiger partial charge in [-0.2, -0.15) is 0 Å². The third-order valence-electron chi connectivity index (χ3n) is 5.78. The van der Waals surface area contributed by atoms with Crippen LogP contribution in [0.1, 0.15) is 40.5 Å². The van der Waals surface area contributed by atoms with Crippen LogP contribution in [0.4, 0.5) is 4.79 Å². The number of carbonyl (C=O) groups is 3. The maximum atomic E-state index is 13.2. The number of esters is 1. The van der Waals surface area contributed by atoms with Crippen LogP contribution in [0.3, 0.4) is 0 Å². The van der Waals surface area contributed by atoms with Crippen molar-refractivity contribution in [1.29, 1.82) is 0 Å². The number of ether oxygens (including phenoxy) is 3. The van der Waals surface area contributed by atoms with Crippen LogP contribution in [0, 0.1) is 0 Å². The topological polar surface area (TPSA) is 130 Å². The van der Waals surface area contributed by atoms with Crippen molar-refractivity contribution in [3.05, 3.63) is 64.8 Å². The van der Waals surface area contributed by atoms with Gasteiger partial charge in [0.2, 0.25) is 6.79 Å². The predicted octanol–water partition coefficient (Wildman–Crippen LogP) is 3.19. The molecule has 3 N–H and O–H groups in total. The van der Waals surface area contributed by atoms with E-state index in [1.165, 1.54) is 6.92 Å². The van der Waals surface area contributed by atoms with Crippen LogP contribution >= 0.6 is 0 Å². The number of rotatable bonds is 4. The van der Waals surface area contributed by atoms with Crippen LogP contribution in [0.5, 0.6) is 11.5 Å². The number of amides is 3. The number of allylic oxidation sites excluding steroid dienone is 1. The number of hydrogen-bond donors (Lipinski definition) is 2. The molecule has 0 fully saturated rings. The Labute approximate surface area is 194 Å². The molecule has 0 saturated heterocycles. The molecule has 3 aromatic rings. The van der Waals surface area contributed by atoms with Gasteiger partial charge in [0.05, 0.1) is 16.8 Å². The summed E-state index contributed by atoms with van der Waals surface area (Å²) in [5.74, 6) is -0.0605. The molecule has 1 aromatic heterocycles. The minimum Gasteiger partial charge on any atom is -0.454 e. The van der Waals surface area contributed by atoms with Gasteiger partial charge in [-0.25, -0.2) is 14.6 Å². The number of aromatic nitrogens is 1. The highest BCUT2D eigenvalue weighted by molar-refractivity contribution is 6.08. The van der Waals surface area contributed by atoms with Crippen LogP contribution < -0.4 is 20.5 Å². The van der Waals surface area contributed by atoms with Crippen molar-refractivity contribution in [2.24, 2.45) is 5.73 Å². The molecular formula is C25H21N3O6. The normalized spacial score (nSPS) is 15.7. The number of hydrogen-bond acceptors (Lipinski definition) is 7. The number of nitrogens with two attached hydrogens (primary N) is 1. The molecule has 9 nitrogen and oxygen atoms in total. The first-order chi connectivity index (χ1) is 16.4.